The summed E-state index contributed by atoms with van der Waals surface area (Å²) in [5, 5.41) is 8.37. The van der Waals surface area contributed by atoms with Crippen LogP contribution in [-0.2, 0) is 14.8 Å². The lowest BCUT2D eigenvalue weighted by Gasteiger charge is -2.08. The van der Waals surface area contributed by atoms with Gasteiger partial charge in [0.05, 0.1) is 10.6 Å². The smallest absolute Gasteiger partial charge is 0.318 e. The van der Waals surface area contributed by atoms with Crippen LogP contribution in [0.25, 0.3) is 0 Å². The van der Waals surface area contributed by atoms with E-state index in [1.165, 1.54) is 0 Å². The van der Waals surface area contributed by atoms with Crippen LogP contribution < -0.4 is 10.5 Å². The number of nitrogens with one attached hydrogen (secondary N) is 1. The van der Waals surface area contributed by atoms with Crippen LogP contribution in [0, 0.1) is 5.82 Å². The number of rotatable bonds is 4. The van der Waals surface area contributed by atoms with E-state index in [0.29, 0.717) is 0 Å². The molecule has 94 valence electrons. The van der Waals surface area contributed by atoms with E-state index >= 15 is 0 Å². The molecule has 0 fully saturated rings. The van der Waals surface area contributed by atoms with Crippen LogP contribution in [0.5, 0.6) is 0 Å². The van der Waals surface area contributed by atoms with Crippen molar-refractivity contribution < 1.29 is 22.7 Å². The van der Waals surface area contributed by atoms with Gasteiger partial charge in [0.2, 0.25) is 10.0 Å². The molecule has 0 unspecified atom stereocenters. The van der Waals surface area contributed by atoms with Crippen LogP contribution in [0.1, 0.15) is 0 Å². The fraction of sp³-hybridized carbons (Fsp3) is 0.125. The van der Waals surface area contributed by atoms with E-state index in [-0.39, 0.29) is 15.1 Å². The van der Waals surface area contributed by atoms with Crippen LogP contribution in [0.2, 0.25) is 0 Å². The van der Waals surface area contributed by atoms with E-state index in [4.69, 9.17) is 10.8 Å². The summed E-state index contributed by atoms with van der Waals surface area (Å²) < 4.78 is 38.1. The van der Waals surface area contributed by atoms with Gasteiger partial charge in [0.15, 0.2) is 0 Å². The number of hydrogen-bond donors (Lipinski definition) is 3. The average molecular weight is 327 g/mol. The number of carbonyl (C=O) groups is 1. The largest absolute Gasteiger partial charge is 0.480 e. The summed E-state index contributed by atoms with van der Waals surface area (Å²) in [5.41, 5.74) is 4.89. The standard InChI is InChI=1S/C8H8BrFN2O4S/c9-4-1-5(10)6(11)2-7(4)17(15,16)12-3-8(13)14/h1-2,12H,3,11H2,(H,13,14). The molecule has 0 bridgehead atoms. The van der Waals surface area contributed by atoms with Crippen molar-refractivity contribution in [2.24, 2.45) is 0 Å². The second kappa shape index (κ2) is 4.98. The Labute approximate surface area is 105 Å². The van der Waals surface area contributed by atoms with Gasteiger partial charge in [0, 0.05) is 4.47 Å². The summed E-state index contributed by atoms with van der Waals surface area (Å²) in [4.78, 5) is 9.94. The Hall–Kier alpha value is -1.19. The molecule has 0 heterocycles. The monoisotopic (exact) mass is 326 g/mol. The minimum absolute atomic E-state index is 0.0397. The molecule has 0 amide bonds. The Morgan fingerprint density at radius 3 is 2.65 bits per heavy atom. The number of carboxylic acid groups (broad SMARTS) is 1. The number of hydrogen-bond acceptors (Lipinski definition) is 4. The maximum Gasteiger partial charge on any atom is 0.318 e. The fourth-order valence-electron chi connectivity index (χ4n) is 0.985. The van der Waals surface area contributed by atoms with Gasteiger partial charge in [-0.1, -0.05) is 0 Å². The highest BCUT2D eigenvalue weighted by atomic mass is 79.9. The molecule has 0 radical (unpaired) electrons. The van der Waals surface area contributed by atoms with E-state index in [9.17, 15) is 17.6 Å². The number of carboxylic acids is 1. The first-order chi connectivity index (χ1) is 7.74. The number of halogens is 2. The predicted octanol–water partition coefficient (Wildman–Crippen LogP) is 0.533. The van der Waals surface area contributed by atoms with E-state index < -0.39 is 28.4 Å². The topological polar surface area (TPSA) is 109 Å². The number of sulfonamides is 1. The van der Waals surface area contributed by atoms with Crippen molar-refractivity contribution in [3.05, 3.63) is 22.4 Å². The number of nitrogens with two attached hydrogens (primary N) is 1. The van der Waals surface area contributed by atoms with Gasteiger partial charge in [-0.05, 0) is 28.1 Å². The molecule has 1 rings (SSSR count). The van der Waals surface area contributed by atoms with Crippen molar-refractivity contribution in [3.63, 3.8) is 0 Å². The maximum absolute atomic E-state index is 13.0. The first-order valence-electron chi connectivity index (χ1n) is 4.20. The molecule has 0 aromatic heterocycles. The Morgan fingerprint density at radius 1 is 1.53 bits per heavy atom. The minimum atomic E-state index is -4.05. The number of aliphatic carboxylic acids is 1. The van der Waals surface area contributed by atoms with Crippen LogP contribution >= 0.6 is 15.9 Å². The van der Waals surface area contributed by atoms with Crippen LogP contribution in [0.15, 0.2) is 21.5 Å². The maximum atomic E-state index is 13.0. The van der Waals surface area contributed by atoms with Crippen molar-refractivity contribution in [3.8, 4) is 0 Å². The van der Waals surface area contributed by atoms with Crippen molar-refractivity contribution >= 4 is 37.6 Å². The third kappa shape index (κ3) is 3.38. The fourth-order valence-corrected chi connectivity index (χ4v) is 3.01. The third-order valence-corrected chi connectivity index (χ3v) is 4.11. The summed E-state index contributed by atoms with van der Waals surface area (Å²) in [6.07, 6.45) is 0. The summed E-state index contributed by atoms with van der Waals surface area (Å²) in [5.74, 6) is -2.10. The highest BCUT2D eigenvalue weighted by molar-refractivity contribution is 9.10. The van der Waals surface area contributed by atoms with Gasteiger partial charge in [0.25, 0.3) is 0 Å². The molecule has 4 N–H and O–H groups in total. The Morgan fingerprint density at radius 2 is 2.12 bits per heavy atom. The van der Waals surface area contributed by atoms with Gasteiger partial charge in [-0.25, -0.2) is 12.8 Å². The number of anilines is 1. The van der Waals surface area contributed by atoms with Gasteiger partial charge in [-0.3, -0.25) is 4.79 Å². The lowest BCUT2D eigenvalue weighted by molar-refractivity contribution is -0.135. The van der Waals surface area contributed by atoms with Crippen molar-refractivity contribution in [2.45, 2.75) is 4.90 Å². The number of benzene rings is 1. The Kier molecular flexibility index (Phi) is 4.07. The average Bonchev–Trinajstić information content (AvgIpc) is 2.20. The molecule has 6 nitrogen and oxygen atoms in total. The van der Waals surface area contributed by atoms with Crippen LogP contribution in [0.4, 0.5) is 10.1 Å². The molecule has 0 saturated heterocycles. The zero-order valence-corrected chi connectivity index (χ0v) is 10.7. The highest BCUT2D eigenvalue weighted by Crippen LogP contribution is 2.26. The molecule has 0 atom stereocenters. The molecule has 0 aliphatic rings. The molecule has 0 aliphatic carbocycles. The highest BCUT2D eigenvalue weighted by Gasteiger charge is 2.20. The lowest BCUT2D eigenvalue weighted by Crippen LogP contribution is -2.29. The van der Waals surface area contributed by atoms with E-state index in [1.54, 1.807) is 0 Å². The molecular formula is C8H8BrFN2O4S. The second-order valence-electron chi connectivity index (χ2n) is 3.02. The molecular weight excluding hydrogens is 319 g/mol. The summed E-state index contributed by atoms with van der Waals surface area (Å²) in [6, 6.07) is 1.80. The lowest BCUT2D eigenvalue weighted by atomic mass is 10.3. The zero-order valence-electron chi connectivity index (χ0n) is 8.28. The van der Waals surface area contributed by atoms with Gasteiger partial charge in [-0.2, -0.15) is 4.72 Å². The number of nitrogen functional groups attached to an aromatic ring is 1. The molecule has 0 saturated carbocycles. The van der Waals surface area contributed by atoms with Gasteiger partial charge < -0.3 is 10.8 Å². The van der Waals surface area contributed by atoms with Gasteiger partial charge in [0.1, 0.15) is 12.4 Å². The summed E-state index contributed by atoms with van der Waals surface area (Å²) in [6.45, 7) is -0.772. The third-order valence-electron chi connectivity index (χ3n) is 1.75. The summed E-state index contributed by atoms with van der Waals surface area (Å²) in [7, 11) is -4.05. The van der Waals surface area contributed by atoms with Crippen LogP contribution in [-0.4, -0.2) is 26.0 Å². The normalized spacial score (nSPS) is 11.4. The zero-order chi connectivity index (χ0) is 13.2. The first kappa shape index (κ1) is 13.9. The molecule has 0 aliphatic heterocycles. The van der Waals surface area contributed by atoms with Crippen LogP contribution in [0.3, 0.4) is 0 Å². The van der Waals surface area contributed by atoms with Crippen molar-refractivity contribution in [1.29, 1.82) is 0 Å². The molecule has 1 aromatic rings. The quantitative estimate of drug-likeness (QED) is 0.699. The predicted molar refractivity (Wildman–Crippen MR) is 61.3 cm³/mol. The van der Waals surface area contributed by atoms with Gasteiger partial charge >= 0.3 is 5.97 Å². The van der Waals surface area contributed by atoms with Crippen molar-refractivity contribution in [1.82, 2.24) is 4.72 Å². The molecule has 9 heteroatoms. The van der Waals surface area contributed by atoms with Crippen molar-refractivity contribution in [2.75, 3.05) is 12.3 Å². The first-order valence-corrected chi connectivity index (χ1v) is 6.47. The van der Waals surface area contributed by atoms with E-state index in [1.807, 2.05) is 4.72 Å². The van der Waals surface area contributed by atoms with Gasteiger partial charge in [-0.15, -0.1) is 0 Å². The SMILES string of the molecule is Nc1cc(S(=O)(=O)NCC(=O)O)c(Br)cc1F. The summed E-state index contributed by atoms with van der Waals surface area (Å²) >= 11 is 2.86. The second-order valence-corrected chi connectivity index (χ2v) is 5.61. The molecule has 0 spiro atoms. The molecule has 1 aromatic carbocycles. The van der Waals surface area contributed by atoms with E-state index in [0.717, 1.165) is 12.1 Å². The Balaban J connectivity index is 3.15. The van der Waals surface area contributed by atoms with E-state index in [2.05, 4.69) is 15.9 Å². The minimum Gasteiger partial charge on any atom is -0.480 e. The Bertz CT molecular complexity index is 561. The molecule has 17 heavy (non-hydrogen) atoms.